The van der Waals surface area contributed by atoms with Crippen LogP contribution >= 0.6 is 0 Å². The maximum Gasteiger partial charge on any atom is 0.0752 e. The summed E-state index contributed by atoms with van der Waals surface area (Å²) in [6.07, 6.45) is 6.60. The van der Waals surface area contributed by atoms with Crippen molar-refractivity contribution >= 4 is 5.69 Å². The molecule has 2 heterocycles. The van der Waals surface area contributed by atoms with Gasteiger partial charge in [-0.2, -0.15) is 5.10 Å². The summed E-state index contributed by atoms with van der Waals surface area (Å²) in [6, 6.07) is 1.19. The van der Waals surface area contributed by atoms with Crippen molar-refractivity contribution in [1.29, 1.82) is 0 Å². The largest absolute Gasteiger partial charge is 0.367 e. The number of nitrogens with one attached hydrogen (secondary N) is 1. The van der Waals surface area contributed by atoms with Gasteiger partial charge in [0.25, 0.3) is 0 Å². The third-order valence-electron chi connectivity index (χ3n) is 3.05. The molecule has 0 bridgehead atoms. The van der Waals surface area contributed by atoms with E-state index in [0.29, 0.717) is 12.1 Å². The van der Waals surface area contributed by atoms with E-state index in [1.54, 1.807) is 0 Å². The van der Waals surface area contributed by atoms with E-state index >= 15 is 0 Å². The second-order valence-electron chi connectivity index (χ2n) is 4.98. The molecule has 0 aromatic carbocycles. The zero-order chi connectivity index (χ0) is 11.5. The standard InChI is InChI=1S/C12H22N4/c1-10(2)14-11-5-4-6-16(8-11)12-7-13-15(3)9-12/h7,9-11,14H,4-6,8H2,1-3H3. The Balaban J connectivity index is 1.96. The first-order valence-corrected chi connectivity index (χ1v) is 6.15. The maximum atomic E-state index is 4.23. The number of aryl methyl sites for hydroxylation is 1. The normalized spacial score (nSPS) is 21.8. The number of rotatable bonds is 3. The van der Waals surface area contributed by atoms with Crippen molar-refractivity contribution in [3.8, 4) is 0 Å². The first kappa shape index (κ1) is 11.5. The molecule has 0 radical (unpaired) electrons. The number of anilines is 1. The van der Waals surface area contributed by atoms with E-state index in [1.807, 2.05) is 17.9 Å². The van der Waals surface area contributed by atoms with Crippen molar-refractivity contribution in [1.82, 2.24) is 15.1 Å². The van der Waals surface area contributed by atoms with E-state index in [4.69, 9.17) is 0 Å². The van der Waals surface area contributed by atoms with Crippen LogP contribution in [0.15, 0.2) is 12.4 Å². The lowest BCUT2D eigenvalue weighted by atomic mass is 10.0. The monoisotopic (exact) mass is 222 g/mol. The summed E-state index contributed by atoms with van der Waals surface area (Å²) in [5.74, 6) is 0. The van der Waals surface area contributed by atoms with Crippen molar-refractivity contribution in [2.24, 2.45) is 7.05 Å². The summed E-state index contributed by atoms with van der Waals surface area (Å²) in [5.41, 5.74) is 1.25. The van der Waals surface area contributed by atoms with Crippen LogP contribution in [-0.2, 0) is 7.05 Å². The molecule has 4 heteroatoms. The molecule has 0 amide bonds. The minimum Gasteiger partial charge on any atom is -0.367 e. The molecule has 1 aliphatic heterocycles. The highest BCUT2D eigenvalue weighted by atomic mass is 15.3. The smallest absolute Gasteiger partial charge is 0.0752 e. The van der Waals surface area contributed by atoms with Gasteiger partial charge >= 0.3 is 0 Å². The van der Waals surface area contributed by atoms with Crippen molar-refractivity contribution in [3.63, 3.8) is 0 Å². The topological polar surface area (TPSA) is 33.1 Å². The van der Waals surface area contributed by atoms with Gasteiger partial charge in [0.2, 0.25) is 0 Å². The first-order valence-electron chi connectivity index (χ1n) is 6.15. The lowest BCUT2D eigenvalue weighted by molar-refractivity contribution is 0.394. The average molecular weight is 222 g/mol. The van der Waals surface area contributed by atoms with E-state index < -0.39 is 0 Å². The molecule has 90 valence electrons. The third kappa shape index (κ3) is 2.76. The van der Waals surface area contributed by atoms with Gasteiger partial charge in [0.15, 0.2) is 0 Å². The van der Waals surface area contributed by atoms with E-state index in [1.165, 1.54) is 18.5 Å². The number of aromatic nitrogens is 2. The van der Waals surface area contributed by atoms with E-state index in [-0.39, 0.29) is 0 Å². The van der Waals surface area contributed by atoms with Crippen LogP contribution in [0, 0.1) is 0 Å². The van der Waals surface area contributed by atoms with Gasteiger partial charge in [-0.15, -0.1) is 0 Å². The fourth-order valence-corrected chi connectivity index (χ4v) is 2.39. The van der Waals surface area contributed by atoms with Gasteiger partial charge in [-0.1, -0.05) is 13.8 Å². The highest BCUT2D eigenvalue weighted by molar-refractivity contribution is 5.42. The summed E-state index contributed by atoms with van der Waals surface area (Å²) < 4.78 is 1.87. The summed E-state index contributed by atoms with van der Waals surface area (Å²) in [5, 5.41) is 7.85. The maximum absolute atomic E-state index is 4.23. The third-order valence-corrected chi connectivity index (χ3v) is 3.05. The van der Waals surface area contributed by atoms with Gasteiger partial charge in [-0.25, -0.2) is 0 Å². The van der Waals surface area contributed by atoms with Crippen molar-refractivity contribution in [2.75, 3.05) is 18.0 Å². The highest BCUT2D eigenvalue weighted by Crippen LogP contribution is 2.19. The number of nitrogens with zero attached hydrogens (tertiary/aromatic N) is 3. The van der Waals surface area contributed by atoms with Crippen LogP contribution in [0.4, 0.5) is 5.69 Å². The molecule has 1 aromatic heterocycles. The Hall–Kier alpha value is -1.03. The molecule has 0 saturated carbocycles. The van der Waals surface area contributed by atoms with Crippen LogP contribution in [0.2, 0.25) is 0 Å². The first-order chi connectivity index (χ1) is 7.65. The molecule has 2 rings (SSSR count). The summed E-state index contributed by atoms with van der Waals surface area (Å²) in [6.45, 7) is 6.68. The Morgan fingerprint density at radius 3 is 2.94 bits per heavy atom. The fourth-order valence-electron chi connectivity index (χ4n) is 2.39. The Morgan fingerprint density at radius 2 is 2.31 bits per heavy atom. The van der Waals surface area contributed by atoms with E-state index in [0.717, 1.165) is 13.1 Å². The molecule has 4 nitrogen and oxygen atoms in total. The van der Waals surface area contributed by atoms with Gasteiger partial charge < -0.3 is 10.2 Å². The van der Waals surface area contributed by atoms with Crippen molar-refractivity contribution < 1.29 is 0 Å². The molecule has 0 aliphatic carbocycles. The quantitative estimate of drug-likeness (QED) is 0.839. The summed E-state index contributed by atoms with van der Waals surface area (Å²) in [4.78, 5) is 2.43. The van der Waals surface area contributed by atoms with Crippen molar-refractivity contribution in [3.05, 3.63) is 12.4 Å². The molecule has 1 atom stereocenters. The van der Waals surface area contributed by atoms with Crippen LogP contribution in [0.25, 0.3) is 0 Å². The highest BCUT2D eigenvalue weighted by Gasteiger charge is 2.20. The second-order valence-corrected chi connectivity index (χ2v) is 4.98. The Morgan fingerprint density at radius 1 is 1.50 bits per heavy atom. The van der Waals surface area contributed by atoms with Crippen LogP contribution in [0.3, 0.4) is 0 Å². The van der Waals surface area contributed by atoms with E-state index in [9.17, 15) is 0 Å². The van der Waals surface area contributed by atoms with Gasteiger partial charge in [0.1, 0.15) is 0 Å². The number of hydrogen-bond acceptors (Lipinski definition) is 3. The van der Waals surface area contributed by atoms with E-state index in [2.05, 4.69) is 35.4 Å². The predicted molar refractivity (Wildman–Crippen MR) is 66.7 cm³/mol. The lowest BCUT2D eigenvalue weighted by Crippen LogP contribution is -2.47. The zero-order valence-corrected chi connectivity index (χ0v) is 10.5. The predicted octanol–water partition coefficient (Wildman–Crippen LogP) is 1.39. The van der Waals surface area contributed by atoms with Crippen LogP contribution in [-0.4, -0.2) is 35.0 Å². The molecule has 1 saturated heterocycles. The SMILES string of the molecule is CC(C)NC1CCCN(c2cnn(C)c2)C1. The van der Waals surface area contributed by atoms with Crippen LogP contribution < -0.4 is 10.2 Å². The Bertz CT molecular complexity index is 332. The van der Waals surface area contributed by atoms with Crippen molar-refractivity contribution in [2.45, 2.75) is 38.8 Å². The van der Waals surface area contributed by atoms with Gasteiger partial charge in [-0.3, -0.25) is 4.68 Å². The van der Waals surface area contributed by atoms with Crippen LogP contribution in [0.5, 0.6) is 0 Å². The second kappa shape index (κ2) is 4.87. The lowest BCUT2D eigenvalue weighted by Gasteiger charge is -2.34. The summed E-state index contributed by atoms with van der Waals surface area (Å²) >= 11 is 0. The van der Waals surface area contributed by atoms with Gasteiger partial charge in [0.05, 0.1) is 11.9 Å². The molecule has 1 aromatic rings. The number of hydrogen-bond donors (Lipinski definition) is 1. The molecule has 1 aliphatic rings. The minimum absolute atomic E-state index is 0.568. The fraction of sp³-hybridized carbons (Fsp3) is 0.750. The Kier molecular flexibility index (Phi) is 3.49. The van der Waals surface area contributed by atoms with Crippen LogP contribution in [0.1, 0.15) is 26.7 Å². The molecule has 1 unspecified atom stereocenters. The number of piperidine rings is 1. The molecule has 1 N–H and O–H groups in total. The molecule has 0 spiro atoms. The Labute approximate surface area is 97.6 Å². The van der Waals surface area contributed by atoms with Gasteiger partial charge in [0, 0.05) is 38.4 Å². The zero-order valence-electron chi connectivity index (χ0n) is 10.5. The molecule has 1 fully saturated rings. The molecular formula is C12H22N4. The minimum atomic E-state index is 0.568. The van der Waals surface area contributed by atoms with Gasteiger partial charge in [-0.05, 0) is 12.8 Å². The molecular weight excluding hydrogens is 200 g/mol. The summed E-state index contributed by atoms with van der Waals surface area (Å²) in [7, 11) is 1.97. The molecule has 16 heavy (non-hydrogen) atoms. The average Bonchev–Trinajstić information content (AvgIpc) is 2.64.